The molecule has 0 saturated carbocycles. The largest absolute Gasteiger partial charge is 0.383 e. The van der Waals surface area contributed by atoms with E-state index in [1.54, 1.807) is 7.11 Å². The first-order valence-electron chi connectivity index (χ1n) is 7.34. The summed E-state index contributed by atoms with van der Waals surface area (Å²) < 4.78 is 32.0. The monoisotopic (exact) mass is 316 g/mol. The molecule has 1 fully saturated rings. The standard InChI is InChI=1S/C13H24N4O3S/c1-3-12-15-9-13(16-12)21(18,19)17(7-8-20-2)10-11-5-4-6-14-11/h9,11,14H,3-8,10H2,1-2H3,(H,15,16). The second-order valence-electron chi connectivity index (χ2n) is 5.20. The summed E-state index contributed by atoms with van der Waals surface area (Å²) in [5, 5.41) is 3.49. The summed E-state index contributed by atoms with van der Waals surface area (Å²) in [6, 6.07) is 0.213. The molecule has 1 saturated heterocycles. The highest BCUT2D eigenvalue weighted by molar-refractivity contribution is 7.89. The molecule has 2 rings (SSSR count). The summed E-state index contributed by atoms with van der Waals surface area (Å²) in [6.07, 6.45) is 4.17. The van der Waals surface area contributed by atoms with E-state index in [1.165, 1.54) is 10.5 Å². The van der Waals surface area contributed by atoms with Crippen LogP contribution in [0, 0.1) is 0 Å². The summed E-state index contributed by atoms with van der Waals surface area (Å²) in [4.78, 5) is 6.97. The van der Waals surface area contributed by atoms with Gasteiger partial charge in [-0.2, -0.15) is 4.31 Å². The minimum atomic E-state index is -3.55. The molecule has 21 heavy (non-hydrogen) atoms. The topological polar surface area (TPSA) is 87.3 Å². The van der Waals surface area contributed by atoms with Crippen molar-refractivity contribution in [3.05, 3.63) is 12.0 Å². The molecule has 0 aromatic carbocycles. The third-order valence-corrected chi connectivity index (χ3v) is 5.46. The number of nitrogens with one attached hydrogen (secondary N) is 2. The van der Waals surface area contributed by atoms with Gasteiger partial charge in [-0.25, -0.2) is 13.4 Å². The van der Waals surface area contributed by atoms with Crippen molar-refractivity contribution < 1.29 is 13.2 Å². The molecule has 0 spiro atoms. The van der Waals surface area contributed by atoms with Crippen molar-refractivity contribution in [3.63, 3.8) is 0 Å². The van der Waals surface area contributed by atoms with E-state index in [4.69, 9.17) is 4.74 Å². The lowest BCUT2D eigenvalue weighted by molar-refractivity contribution is 0.176. The highest BCUT2D eigenvalue weighted by Gasteiger charge is 2.29. The molecule has 2 heterocycles. The second-order valence-corrected chi connectivity index (χ2v) is 7.10. The Morgan fingerprint density at radius 2 is 2.33 bits per heavy atom. The minimum Gasteiger partial charge on any atom is -0.383 e. The molecule has 2 N–H and O–H groups in total. The van der Waals surface area contributed by atoms with Crippen LogP contribution in [0.5, 0.6) is 0 Å². The number of aryl methyl sites for hydroxylation is 1. The van der Waals surface area contributed by atoms with Crippen molar-refractivity contribution in [1.82, 2.24) is 19.6 Å². The van der Waals surface area contributed by atoms with Crippen LogP contribution in [0.3, 0.4) is 0 Å². The van der Waals surface area contributed by atoms with Gasteiger partial charge in [-0.1, -0.05) is 6.92 Å². The molecule has 1 atom stereocenters. The summed E-state index contributed by atoms with van der Waals surface area (Å²) >= 11 is 0. The maximum Gasteiger partial charge on any atom is 0.260 e. The third kappa shape index (κ3) is 4.03. The molecule has 120 valence electrons. The van der Waals surface area contributed by atoms with E-state index < -0.39 is 10.0 Å². The maximum absolute atomic E-state index is 12.7. The Morgan fingerprint density at radius 1 is 1.52 bits per heavy atom. The summed E-state index contributed by atoms with van der Waals surface area (Å²) in [7, 11) is -1.98. The van der Waals surface area contributed by atoms with Gasteiger partial charge in [0.2, 0.25) is 0 Å². The quantitative estimate of drug-likeness (QED) is 0.723. The van der Waals surface area contributed by atoms with Crippen molar-refractivity contribution >= 4 is 10.0 Å². The fourth-order valence-corrected chi connectivity index (χ4v) is 3.86. The Balaban J connectivity index is 2.16. The molecular formula is C13H24N4O3S. The number of ether oxygens (including phenoxy) is 1. The van der Waals surface area contributed by atoms with Crippen LogP contribution in [-0.4, -0.2) is 62.1 Å². The summed E-state index contributed by atoms with van der Waals surface area (Å²) in [6.45, 7) is 4.07. The van der Waals surface area contributed by atoms with E-state index in [-0.39, 0.29) is 11.1 Å². The van der Waals surface area contributed by atoms with Crippen LogP contribution in [0.2, 0.25) is 0 Å². The van der Waals surface area contributed by atoms with Crippen LogP contribution in [0.1, 0.15) is 25.6 Å². The van der Waals surface area contributed by atoms with Gasteiger partial charge in [-0.3, -0.25) is 0 Å². The molecule has 7 nitrogen and oxygen atoms in total. The Labute approximate surface area is 126 Å². The van der Waals surface area contributed by atoms with Crippen LogP contribution in [0.4, 0.5) is 0 Å². The Hall–Kier alpha value is -0.960. The number of imidazole rings is 1. The molecule has 1 aliphatic rings. The molecule has 0 bridgehead atoms. The number of nitrogens with zero attached hydrogens (tertiary/aromatic N) is 2. The molecule has 1 aromatic rings. The predicted molar refractivity (Wildman–Crippen MR) is 79.6 cm³/mol. The van der Waals surface area contributed by atoms with Crippen molar-refractivity contribution in [2.45, 2.75) is 37.3 Å². The number of rotatable bonds is 8. The van der Waals surface area contributed by atoms with Gasteiger partial charge in [0.05, 0.1) is 12.8 Å². The first kappa shape index (κ1) is 16.4. The molecule has 0 radical (unpaired) electrons. The van der Waals surface area contributed by atoms with E-state index in [1.807, 2.05) is 6.92 Å². The van der Waals surface area contributed by atoms with E-state index in [0.29, 0.717) is 31.9 Å². The fourth-order valence-electron chi connectivity index (χ4n) is 2.45. The molecule has 0 amide bonds. The van der Waals surface area contributed by atoms with Gasteiger partial charge in [0.1, 0.15) is 5.82 Å². The van der Waals surface area contributed by atoms with Gasteiger partial charge in [-0.05, 0) is 19.4 Å². The highest BCUT2D eigenvalue weighted by atomic mass is 32.2. The van der Waals surface area contributed by atoms with Crippen LogP contribution >= 0.6 is 0 Å². The lowest BCUT2D eigenvalue weighted by atomic mass is 10.2. The van der Waals surface area contributed by atoms with Gasteiger partial charge < -0.3 is 15.0 Å². The van der Waals surface area contributed by atoms with Crippen molar-refractivity contribution in [2.75, 3.05) is 33.4 Å². The molecule has 1 aliphatic heterocycles. The Kier molecular flexibility index (Phi) is 5.74. The van der Waals surface area contributed by atoms with E-state index in [9.17, 15) is 8.42 Å². The molecule has 0 aliphatic carbocycles. The summed E-state index contributed by atoms with van der Waals surface area (Å²) in [5.74, 6) is 0.680. The number of hydrogen-bond acceptors (Lipinski definition) is 5. The Bertz CT molecular complexity index is 537. The average Bonchev–Trinajstić information content (AvgIpc) is 3.14. The van der Waals surface area contributed by atoms with Crippen LogP contribution in [0.25, 0.3) is 0 Å². The van der Waals surface area contributed by atoms with Crippen LogP contribution < -0.4 is 5.32 Å². The number of aromatic amines is 1. The summed E-state index contributed by atoms with van der Waals surface area (Å²) in [5.41, 5.74) is 0. The van der Waals surface area contributed by atoms with Gasteiger partial charge in [-0.15, -0.1) is 0 Å². The zero-order valence-electron chi connectivity index (χ0n) is 12.6. The van der Waals surface area contributed by atoms with Crippen molar-refractivity contribution in [2.24, 2.45) is 0 Å². The molecule has 8 heteroatoms. The van der Waals surface area contributed by atoms with Gasteiger partial charge >= 0.3 is 0 Å². The van der Waals surface area contributed by atoms with Gasteiger partial charge in [0.25, 0.3) is 10.0 Å². The number of aromatic nitrogens is 2. The number of sulfonamides is 1. The van der Waals surface area contributed by atoms with E-state index in [0.717, 1.165) is 19.4 Å². The second kappa shape index (κ2) is 7.35. The van der Waals surface area contributed by atoms with Crippen LogP contribution in [-0.2, 0) is 21.2 Å². The zero-order chi connectivity index (χ0) is 15.3. The smallest absolute Gasteiger partial charge is 0.260 e. The number of hydrogen-bond donors (Lipinski definition) is 2. The average molecular weight is 316 g/mol. The van der Waals surface area contributed by atoms with Crippen LogP contribution in [0.15, 0.2) is 11.2 Å². The van der Waals surface area contributed by atoms with Crippen molar-refractivity contribution in [3.8, 4) is 0 Å². The van der Waals surface area contributed by atoms with Crippen molar-refractivity contribution in [1.29, 1.82) is 0 Å². The predicted octanol–water partition coefficient (Wildman–Crippen LogP) is 0.361. The van der Waals surface area contributed by atoms with Gasteiger partial charge in [0.15, 0.2) is 5.03 Å². The fraction of sp³-hybridized carbons (Fsp3) is 0.769. The first-order valence-corrected chi connectivity index (χ1v) is 8.78. The van der Waals surface area contributed by atoms with E-state index in [2.05, 4.69) is 15.3 Å². The lowest BCUT2D eigenvalue weighted by Gasteiger charge is -2.24. The third-order valence-electron chi connectivity index (χ3n) is 3.69. The van der Waals surface area contributed by atoms with Gasteiger partial charge in [0, 0.05) is 32.7 Å². The highest BCUT2D eigenvalue weighted by Crippen LogP contribution is 2.16. The zero-order valence-corrected chi connectivity index (χ0v) is 13.4. The minimum absolute atomic E-state index is 0.161. The molecule has 1 aromatic heterocycles. The lowest BCUT2D eigenvalue weighted by Crippen LogP contribution is -2.42. The number of H-pyrrole nitrogens is 1. The van der Waals surface area contributed by atoms with E-state index >= 15 is 0 Å². The first-order chi connectivity index (χ1) is 10.1. The maximum atomic E-state index is 12.7. The number of methoxy groups -OCH3 is 1. The normalized spacial score (nSPS) is 19.5. The molecular weight excluding hydrogens is 292 g/mol. The Morgan fingerprint density at radius 3 is 2.90 bits per heavy atom. The molecule has 1 unspecified atom stereocenters. The SMILES string of the molecule is CCc1ncc(S(=O)(=O)N(CCOC)CC2CCCN2)[nH]1.